The van der Waals surface area contributed by atoms with Crippen molar-refractivity contribution < 1.29 is 4.79 Å². The summed E-state index contributed by atoms with van der Waals surface area (Å²) in [5, 5.41) is 3.48. The molecule has 0 aliphatic carbocycles. The molecule has 2 aromatic rings. The lowest BCUT2D eigenvalue weighted by Gasteiger charge is -2.37. The van der Waals surface area contributed by atoms with Crippen LogP contribution >= 0.6 is 0 Å². The van der Waals surface area contributed by atoms with Crippen molar-refractivity contribution in [3.05, 3.63) is 71.8 Å². The number of nitrogens with zero attached hydrogens (tertiary/aromatic N) is 1. The molecule has 0 spiro atoms. The van der Waals surface area contributed by atoms with Gasteiger partial charge in [-0.3, -0.25) is 4.79 Å². The van der Waals surface area contributed by atoms with Crippen molar-refractivity contribution in [2.75, 3.05) is 32.7 Å². The fourth-order valence-corrected chi connectivity index (χ4v) is 5.51. The zero-order valence-corrected chi connectivity index (χ0v) is 20.5. The number of carbonyl (C=O) groups is 1. The molecule has 1 amide bonds. The summed E-state index contributed by atoms with van der Waals surface area (Å²) in [5.41, 5.74) is 7.47. The molecule has 3 rings (SSSR count). The van der Waals surface area contributed by atoms with Gasteiger partial charge >= 0.3 is 0 Å². The third-order valence-electron chi connectivity index (χ3n) is 7.24. The van der Waals surface area contributed by atoms with Gasteiger partial charge in [0, 0.05) is 6.54 Å². The van der Waals surface area contributed by atoms with Gasteiger partial charge in [-0.15, -0.1) is 0 Å². The molecule has 1 saturated heterocycles. The summed E-state index contributed by atoms with van der Waals surface area (Å²) in [7, 11) is 0. The molecule has 0 unspecified atom stereocenters. The molecule has 4 heteroatoms. The van der Waals surface area contributed by atoms with Crippen LogP contribution in [0.2, 0.25) is 0 Å². The van der Waals surface area contributed by atoms with Crippen LogP contribution in [0.4, 0.5) is 0 Å². The number of nitrogens with one attached hydrogen (secondary N) is 1. The highest BCUT2D eigenvalue weighted by Crippen LogP contribution is 2.43. The van der Waals surface area contributed by atoms with Crippen molar-refractivity contribution in [2.45, 2.75) is 63.7 Å². The number of carbonyl (C=O) groups excluding carboxylic acids is 1. The summed E-state index contributed by atoms with van der Waals surface area (Å²) in [4.78, 5) is 15.7. The quantitative estimate of drug-likeness (QED) is 0.371. The Morgan fingerprint density at radius 1 is 0.909 bits per heavy atom. The molecule has 3 N–H and O–H groups in total. The molecule has 2 aromatic carbocycles. The monoisotopic (exact) mass is 449 g/mol. The molecule has 1 aliphatic heterocycles. The summed E-state index contributed by atoms with van der Waals surface area (Å²) >= 11 is 0. The van der Waals surface area contributed by atoms with Crippen molar-refractivity contribution in [3.8, 4) is 0 Å². The van der Waals surface area contributed by atoms with Crippen molar-refractivity contribution in [1.29, 1.82) is 0 Å². The Morgan fingerprint density at radius 2 is 1.48 bits per heavy atom. The first-order valence-electron chi connectivity index (χ1n) is 13.0. The number of amides is 1. The smallest absolute Gasteiger partial charge is 0.232 e. The Hall–Kier alpha value is -2.17. The van der Waals surface area contributed by atoms with Gasteiger partial charge in [0.15, 0.2) is 0 Å². The van der Waals surface area contributed by atoms with E-state index in [0.717, 1.165) is 50.3 Å². The second kappa shape index (κ2) is 13.5. The molecule has 1 fully saturated rings. The number of likely N-dealkylation sites (tertiary alicyclic amines) is 1. The van der Waals surface area contributed by atoms with E-state index in [1.807, 2.05) is 36.4 Å². The van der Waals surface area contributed by atoms with Gasteiger partial charge in [0.25, 0.3) is 0 Å². The molecule has 0 saturated carbocycles. The Bertz CT molecular complexity index is 769. The van der Waals surface area contributed by atoms with Crippen molar-refractivity contribution >= 4 is 5.91 Å². The first kappa shape index (κ1) is 25.5. The van der Waals surface area contributed by atoms with Crippen LogP contribution in [0, 0.1) is 5.92 Å². The van der Waals surface area contributed by atoms with E-state index >= 15 is 0 Å². The maximum atomic E-state index is 13.2. The highest BCUT2D eigenvalue weighted by Gasteiger charge is 2.49. The van der Waals surface area contributed by atoms with E-state index in [0.29, 0.717) is 0 Å². The van der Waals surface area contributed by atoms with E-state index in [2.05, 4.69) is 41.4 Å². The van der Waals surface area contributed by atoms with Gasteiger partial charge in [0.1, 0.15) is 5.41 Å². The normalized spacial score (nSPS) is 16.8. The fraction of sp³-hybridized carbons (Fsp3) is 0.552. The number of hydrogen-bond donors (Lipinski definition) is 2. The maximum Gasteiger partial charge on any atom is 0.232 e. The van der Waals surface area contributed by atoms with Crippen LogP contribution in [0.1, 0.15) is 69.4 Å². The van der Waals surface area contributed by atoms with Crippen molar-refractivity contribution in [1.82, 2.24) is 10.2 Å². The average Bonchev–Trinajstić information content (AvgIpc) is 3.31. The van der Waals surface area contributed by atoms with E-state index < -0.39 is 5.41 Å². The van der Waals surface area contributed by atoms with Crippen molar-refractivity contribution in [3.63, 3.8) is 0 Å². The molecule has 0 bridgehead atoms. The number of benzene rings is 2. The van der Waals surface area contributed by atoms with Gasteiger partial charge in [0.05, 0.1) is 0 Å². The summed E-state index contributed by atoms with van der Waals surface area (Å²) in [6, 6.07) is 20.3. The van der Waals surface area contributed by atoms with Gasteiger partial charge in [-0.25, -0.2) is 0 Å². The largest absolute Gasteiger partial charge is 0.369 e. The third kappa shape index (κ3) is 6.68. The highest BCUT2D eigenvalue weighted by molar-refractivity contribution is 5.91. The maximum absolute atomic E-state index is 13.2. The number of unbranched alkanes of at least 4 members (excludes halogenated alkanes) is 5. The van der Waals surface area contributed by atoms with E-state index in [9.17, 15) is 4.79 Å². The van der Waals surface area contributed by atoms with E-state index in [1.54, 1.807) is 0 Å². The van der Waals surface area contributed by atoms with E-state index in [4.69, 9.17) is 5.73 Å². The average molecular weight is 450 g/mol. The number of primary amides is 1. The van der Waals surface area contributed by atoms with Gasteiger partial charge in [0.2, 0.25) is 5.91 Å². The van der Waals surface area contributed by atoms with E-state index in [1.165, 1.54) is 44.9 Å². The van der Waals surface area contributed by atoms with Crippen LogP contribution in [-0.2, 0) is 10.2 Å². The molecule has 33 heavy (non-hydrogen) atoms. The minimum absolute atomic E-state index is 0.190. The standard InChI is InChI=1S/C29H43N3O/c1-2-20-31-21-13-5-3-4-6-14-22-32-23-19-27(24-32)29(28(30)33,25-15-9-7-10-16-25)26-17-11-8-12-18-26/h7-12,15-18,27,31H,2-6,13-14,19-24H2,1H3,(H2,30,33)/t27-/m0/s1. The minimum atomic E-state index is -0.775. The molecule has 0 radical (unpaired) electrons. The summed E-state index contributed by atoms with van der Waals surface area (Å²) in [5.74, 6) is -0.0457. The zero-order valence-electron chi connectivity index (χ0n) is 20.5. The third-order valence-corrected chi connectivity index (χ3v) is 7.24. The minimum Gasteiger partial charge on any atom is -0.369 e. The Kier molecular flexibility index (Phi) is 10.4. The lowest BCUT2D eigenvalue weighted by atomic mass is 9.64. The van der Waals surface area contributed by atoms with Crippen LogP contribution < -0.4 is 11.1 Å². The van der Waals surface area contributed by atoms with Gasteiger partial charge in [-0.1, -0.05) is 93.3 Å². The number of rotatable bonds is 15. The second-order valence-electron chi connectivity index (χ2n) is 9.56. The van der Waals surface area contributed by atoms with Crippen LogP contribution in [0.3, 0.4) is 0 Å². The molecule has 4 nitrogen and oxygen atoms in total. The zero-order chi connectivity index (χ0) is 23.4. The number of hydrogen-bond acceptors (Lipinski definition) is 3. The predicted octanol–water partition coefficient (Wildman–Crippen LogP) is 5.12. The van der Waals surface area contributed by atoms with Crippen LogP contribution in [0.25, 0.3) is 0 Å². The first-order chi connectivity index (χ1) is 16.2. The van der Waals surface area contributed by atoms with Crippen LogP contribution in [0.5, 0.6) is 0 Å². The summed E-state index contributed by atoms with van der Waals surface area (Å²) in [6.45, 7) is 7.61. The SMILES string of the molecule is CCCNCCCCCCCCN1CC[C@H](C(C(N)=O)(c2ccccc2)c2ccccc2)C1. The predicted molar refractivity (Wildman–Crippen MR) is 138 cm³/mol. The Morgan fingerprint density at radius 3 is 2.06 bits per heavy atom. The topological polar surface area (TPSA) is 58.4 Å². The molecular formula is C29H43N3O. The molecule has 1 aliphatic rings. The molecular weight excluding hydrogens is 406 g/mol. The molecule has 180 valence electrons. The molecule has 1 heterocycles. The lowest BCUT2D eigenvalue weighted by molar-refractivity contribution is -0.123. The Balaban J connectivity index is 1.54. The fourth-order valence-electron chi connectivity index (χ4n) is 5.51. The first-order valence-corrected chi connectivity index (χ1v) is 13.0. The van der Waals surface area contributed by atoms with Gasteiger partial charge in [-0.2, -0.15) is 0 Å². The van der Waals surface area contributed by atoms with Gasteiger partial charge in [-0.05, 0) is 68.9 Å². The summed E-state index contributed by atoms with van der Waals surface area (Å²) in [6.07, 6.45) is 10.0. The highest BCUT2D eigenvalue weighted by atomic mass is 16.1. The van der Waals surface area contributed by atoms with E-state index in [-0.39, 0.29) is 11.8 Å². The van der Waals surface area contributed by atoms with Crippen molar-refractivity contribution in [2.24, 2.45) is 11.7 Å². The Labute approximate surface area is 200 Å². The summed E-state index contributed by atoms with van der Waals surface area (Å²) < 4.78 is 0. The van der Waals surface area contributed by atoms with Crippen LogP contribution in [-0.4, -0.2) is 43.5 Å². The van der Waals surface area contributed by atoms with Gasteiger partial charge < -0.3 is 16.0 Å². The molecule has 0 aromatic heterocycles. The van der Waals surface area contributed by atoms with Crippen LogP contribution in [0.15, 0.2) is 60.7 Å². The second-order valence-corrected chi connectivity index (χ2v) is 9.56. The lowest BCUT2D eigenvalue weighted by Crippen LogP contribution is -2.49. The molecule has 1 atom stereocenters. The number of nitrogens with two attached hydrogens (primary N) is 1.